The summed E-state index contributed by atoms with van der Waals surface area (Å²) in [5.74, 6) is 0.555. The van der Waals surface area contributed by atoms with Crippen LogP contribution < -0.4 is 4.74 Å². The molecule has 0 spiro atoms. The smallest absolute Gasteiger partial charge is 0.119 e. The molecule has 2 N–H and O–H groups in total. The van der Waals surface area contributed by atoms with Crippen molar-refractivity contribution in [2.45, 2.75) is 43.9 Å². The number of hydrogen-bond acceptors (Lipinski definition) is 4. The summed E-state index contributed by atoms with van der Waals surface area (Å²) >= 11 is 0. The number of ether oxygens (including phenoxy) is 1. The van der Waals surface area contributed by atoms with Crippen LogP contribution in [0.2, 0.25) is 0 Å². The van der Waals surface area contributed by atoms with Gasteiger partial charge in [-0.05, 0) is 51.1 Å². The Morgan fingerprint density at radius 3 is 2.62 bits per heavy atom. The quantitative estimate of drug-likeness (QED) is 0.891. The Morgan fingerprint density at radius 2 is 2.05 bits per heavy atom. The topological polar surface area (TPSA) is 52.9 Å². The molecule has 0 aliphatic heterocycles. The van der Waals surface area contributed by atoms with E-state index in [1.165, 1.54) is 0 Å². The average molecular weight is 293 g/mol. The third kappa shape index (κ3) is 2.80. The highest BCUT2D eigenvalue weighted by Crippen LogP contribution is 2.45. The van der Waals surface area contributed by atoms with Crippen LogP contribution in [0.25, 0.3) is 0 Å². The molecule has 1 saturated carbocycles. The fraction of sp³-hybridized carbons (Fsp3) is 0.647. The van der Waals surface area contributed by atoms with Crippen molar-refractivity contribution in [3.05, 3.63) is 29.8 Å². The van der Waals surface area contributed by atoms with Crippen molar-refractivity contribution in [2.75, 3.05) is 21.2 Å². The minimum absolute atomic E-state index is 0.0158. The van der Waals surface area contributed by atoms with Crippen LogP contribution in [0.1, 0.15) is 31.7 Å². The number of rotatable bonds is 4. The van der Waals surface area contributed by atoms with E-state index in [2.05, 4.69) is 4.90 Å². The van der Waals surface area contributed by atoms with Gasteiger partial charge in [0.2, 0.25) is 0 Å². The first-order chi connectivity index (χ1) is 9.94. The molecular weight excluding hydrogens is 266 g/mol. The number of nitrogens with zero attached hydrogens (tertiary/aromatic N) is 1. The average Bonchev–Trinajstić information content (AvgIpc) is 2.47. The van der Waals surface area contributed by atoms with Crippen LogP contribution in [0.5, 0.6) is 5.75 Å². The van der Waals surface area contributed by atoms with Crippen molar-refractivity contribution in [3.63, 3.8) is 0 Å². The second-order valence-electron chi connectivity index (χ2n) is 6.20. The summed E-state index contributed by atoms with van der Waals surface area (Å²) in [5, 5.41) is 21.9. The van der Waals surface area contributed by atoms with Gasteiger partial charge in [0.25, 0.3) is 0 Å². The lowest BCUT2D eigenvalue weighted by atomic mass is 9.65. The lowest BCUT2D eigenvalue weighted by Gasteiger charge is -2.50. The van der Waals surface area contributed by atoms with Crippen molar-refractivity contribution in [2.24, 2.45) is 5.92 Å². The molecule has 0 bridgehead atoms. The Bertz CT molecular complexity index is 473. The summed E-state index contributed by atoms with van der Waals surface area (Å²) in [5.41, 5.74) is -0.240. The molecule has 4 heteroatoms. The zero-order valence-electron chi connectivity index (χ0n) is 13.4. The van der Waals surface area contributed by atoms with Crippen molar-refractivity contribution in [3.8, 4) is 5.75 Å². The van der Waals surface area contributed by atoms with Crippen LogP contribution in [0, 0.1) is 5.92 Å². The van der Waals surface area contributed by atoms with E-state index >= 15 is 0 Å². The van der Waals surface area contributed by atoms with Gasteiger partial charge in [0.15, 0.2) is 0 Å². The van der Waals surface area contributed by atoms with Gasteiger partial charge in [0.1, 0.15) is 11.4 Å². The molecular formula is C17H27NO3. The molecule has 0 radical (unpaired) electrons. The van der Waals surface area contributed by atoms with Gasteiger partial charge in [-0.25, -0.2) is 0 Å². The third-order valence-electron chi connectivity index (χ3n) is 4.87. The van der Waals surface area contributed by atoms with E-state index in [0.717, 1.165) is 30.6 Å². The Labute approximate surface area is 127 Å². The second-order valence-corrected chi connectivity index (χ2v) is 6.20. The van der Waals surface area contributed by atoms with E-state index in [9.17, 15) is 10.2 Å². The molecule has 118 valence electrons. The molecule has 1 aliphatic rings. The van der Waals surface area contributed by atoms with Crippen LogP contribution in [0.4, 0.5) is 0 Å². The van der Waals surface area contributed by atoms with Crippen molar-refractivity contribution < 1.29 is 14.9 Å². The Balaban J connectivity index is 2.52. The first kappa shape index (κ1) is 16.3. The molecule has 4 nitrogen and oxygen atoms in total. The maximum atomic E-state index is 11.6. The molecule has 0 aromatic heterocycles. The van der Waals surface area contributed by atoms with Crippen LogP contribution in [-0.2, 0) is 5.60 Å². The van der Waals surface area contributed by atoms with E-state index < -0.39 is 11.7 Å². The van der Waals surface area contributed by atoms with Crippen molar-refractivity contribution >= 4 is 0 Å². The van der Waals surface area contributed by atoms with Gasteiger partial charge in [0, 0.05) is 12.0 Å². The fourth-order valence-electron chi connectivity index (χ4n) is 3.80. The maximum absolute atomic E-state index is 11.6. The van der Waals surface area contributed by atoms with Gasteiger partial charge in [-0.2, -0.15) is 0 Å². The number of likely N-dealkylation sites (N-methyl/N-ethyl adjacent to an activating group) is 1. The van der Waals surface area contributed by atoms with Crippen molar-refractivity contribution in [1.82, 2.24) is 4.90 Å². The van der Waals surface area contributed by atoms with E-state index in [4.69, 9.17) is 4.74 Å². The molecule has 1 aliphatic carbocycles. The second kappa shape index (κ2) is 6.34. The highest BCUT2D eigenvalue weighted by molar-refractivity contribution is 5.35. The minimum atomic E-state index is -1.07. The van der Waals surface area contributed by atoms with Gasteiger partial charge >= 0.3 is 0 Å². The van der Waals surface area contributed by atoms with Gasteiger partial charge in [0.05, 0.1) is 13.2 Å². The highest BCUT2D eigenvalue weighted by Gasteiger charge is 2.51. The zero-order chi connectivity index (χ0) is 15.6. The predicted octanol–water partition coefficient (Wildman–Crippen LogP) is 1.99. The molecule has 4 unspecified atom stereocenters. The minimum Gasteiger partial charge on any atom is -0.497 e. The number of benzene rings is 1. The van der Waals surface area contributed by atoms with Crippen LogP contribution in [-0.4, -0.2) is 48.5 Å². The SMILES string of the molecule is CCC1C(O)CCC(N(C)C)C1(O)c1cccc(OC)c1. The summed E-state index contributed by atoms with van der Waals surface area (Å²) < 4.78 is 5.29. The van der Waals surface area contributed by atoms with Crippen molar-refractivity contribution in [1.29, 1.82) is 0 Å². The molecule has 1 aromatic rings. The molecule has 0 saturated heterocycles. The number of aliphatic hydroxyl groups excluding tert-OH is 1. The summed E-state index contributed by atoms with van der Waals surface area (Å²) in [7, 11) is 5.60. The van der Waals surface area contributed by atoms with E-state index in [-0.39, 0.29) is 12.0 Å². The van der Waals surface area contributed by atoms with E-state index in [0.29, 0.717) is 0 Å². The monoisotopic (exact) mass is 293 g/mol. The summed E-state index contributed by atoms with van der Waals surface area (Å²) in [6, 6.07) is 7.57. The Hall–Kier alpha value is -1.10. The number of aliphatic hydroxyl groups is 2. The van der Waals surface area contributed by atoms with E-state index in [1.807, 2.05) is 45.3 Å². The first-order valence-corrected chi connectivity index (χ1v) is 7.66. The number of methoxy groups -OCH3 is 1. The standard InChI is InChI=1S/C17H27NO3/c1-5-14-15(19)9-10-16(18(2)3)17(14,20)12-7-6-8-13(11-12)21-4/h6-8,11,14-16,19-20H,5,9-10H2,1-4H3. The largest absolute Gasteiger partial charge is 0.497 e. The van der Waals surface area contributed by atoms with Crippen LogP contribution in [0.3, 0.4) is 0 Å². The normalized spacial score (nSPS) is 33.2. The van der Waals surface area contributed by atoms with Gasteiger partial charge in [-0.3, -0.25) is 0 Å². The van der Waals surface area contributed by atoms with Crippen LogP contribution >= 0.6 is 0 Å². The predicted molar refractivity (Wildman–Crippen MR) is 83.4 cm³/mol. The molecule has 0 heterocycles. The van der Waals surface area contributed by atoms with Gasteiger partial charge in [-0.15, -0.1) is 0 Å². The molecule has 21 heavy (non-hydrogen) atoms. The van der Waals surface area contributed by atoms with Gasteiger partial charge in [-0.1, -0.05) is 19.1 Å². The van der Waals surface area contributed by atoms with Gasteiger partial charge < -0.3 is 19.8 Å². The molecule has 4 atom stereocenters. The highest BCUT2D eigenvalue weighted by atomic mass is 16.5. The molecule has 1 aromatic carbocycles. The summed E-state index contributed by atoms with van der Waals surface area (Å²) in [6.07, 6.45) is 1.77. The molecule has 0 amide bonds. The fourth-order valence-corrected chi connectivity index (χ4v) is 3.80. The Morgan fingerprint density at radius 1 is 1.33 bits per heavy atom. The van der Waals surface area contributed by atoms with E-state index in [1.54, 1.807) is 7.11 Å². The molecule has 1 fully saturated rings. The number of hydrogen-bond donors (Lipinski definition) is 2. The third-order valence-corrected chi connectivity index (χ3v) is 4.87. The molecule has 2 rings (SSSR count). The summed E-state index contributed by atoms with van der Waals surface area (Å²) in [6.45, 7) is 2.02. The Kier molecular flexibility index (Phi) is 4.91. The van der Waals surface area contributed by atoms with Crippen LogP contribution in [0.15, 0.2) is 24.3 Å². The lowest BCUT2D eigenvalue weighted by Crippen LogP contribution is -2.58. The summed E-state index contributed by atoms with van der Waals surface area (Å²) in [4.78, 5) is 2.06. The maximum Gasteiger partial charge on any atom is 0.119 e. The lowest BCUT2D eigenvalue weighted by molar-refractivity contribution is -0.152. The first-order valence-electron chi connectivity index (χ1n) is 7.66. The zero-order valence-corrected chi connectivity index (χ0v) is 13.4.